The molecular weight excluding hydrogens is 218 g/mol. The minimum atomic E-state index is -0.876. The molecule has 0 heterocycles. The highest BCUT2D eigenvalue weighted by Gasteiger charge is 2.33. The van der Waals surface area contributed by atoms with E-state index in [1.54, 1.807) is 7.05 Å². The van der Waals surface area contributed by atoms with E-state index in [1.165, 1.54) is 10.5 Å². The van der Waals surface area contributed by atoms with Crippen molar-refractivity contribution in [2.45, 2.75) is 18.8 Å². The fourth-order valence-corrected chi connectivity index (χ4v) is 2.12. The number of amides is 1. The van der Waals surface area contributed by atoms with Crippen LogP contribution in [-0.2, 0) is 16.0 Å². The van der Waals surface area contributed by atoms with Crippen molar-refractivity contribution in [1.29, 1.82) is 0 Å². The minimum Gasteiger partial charge on any atom is -0.481 e. The summed E-state index contributed by atoms with van der Waals surface area (Å²) in [6.45, 7) is 0.271. The molecule has 17 heavy (non-hydrogen) atoms. The molecule has 0 aromatic heterocycles. The predicted octanol–water partition coefficient (Wildman–Crippen LogP) is 1.26. The van der Waals surface area contributed by atoms with E-state index >= 15 is 0 Å². The largest absolute Gasteiger partial charge is 0.481 e. The van der Waals surface area contributed by atoms with Crippen LogP contribution in [0.3, 0.4) is 0 Å². The number of hydrogen-bond acceptors (Lipinski definition) is 2. The number of carbonyl (C=O) groups is 2. The molecule has 0 spiro atoms. The van der Waals surface area contributed by atoms with Gasteiger partial charge in [-0.1, -0.05) is 24.3 Å². The maximum atomic E-state index is 12.0. The number of nitrogens with zero attached hydrogens (tertiary/aromatic N) is 1. The molecule has 1 unspecified atom stereocenters. The standard InChI is InChI=1S/C13H15NO3/c1-14(7-6-12(15)16)13(17)11-8-9-4-2-3-5-10(9)11/h2-5,11H,6-8H2,1H3,(H,15,16). The molecule has 1 amide bonds. The highest BCUT2D eigenvalue weighted by atomic mass is 16.4. The van der Waals surface area contributed by atoms with Gasteiger partial charge in [0.1, 0.15) is 0 Å². The number of likely N-dealkylation sites (N-methyl/N-ethyl adjacent to an activating group) is 1. The molecule has 90 valence electrons. The molecule has 4 nitrogen and oxygen atoms in total. The molecule has 1 atom stereocenters. The molecule has 1 aliphatic rings. The molecule has 1 aromatic carbocycles. The third-order valence-electron chi connectivity index (χ3n) is 3.19. The van der Waals surface area contributed by atoms with E-state index in [2.05, 4.69) is 0 Å². The SMILES string of the molecule is CN(CCC(=O)O)C(=O)C1Cc2ccccc21. The second-order valence-corrected chi connectivity index (χ2v) is 4.36. The number of rotatable bonds is 4. The van der Waals surface area contributed by atoms with Crippen LogP contribution in [0.4, 0.5) is 0 Å². The first-order valence-corrected chi connectivity index (χ1v) is 5.64. The smallest absolute Gasteiger partial charge is 0.305 e. The lowest BCUT2D eigenvalue weighted by Gasteiger charge is -2.32. The van der Waals surface area contributed by atoms with Crippen LogP contribution >= 0.6 is 0 Å². The number of benzene rings is 1. The lowest BCUT2D eigenvalue weighted by atomic mass is 9.77. The zero-order chi connectivity index (χ0) is 12.4. The van der Waals surface area contributed by atoms with Crippen LogP contribution in [0.1, 0.15) is 23.5 Å². The number of carboxylic acids is 1. The Balaban J connectivity index is 1.97. The van der Waals surface area contributed by atoms with E-state index < -0.39 is 5.97 Å². The molecular formula is C13H15NO3. The van der Waals surface area contributed by atoms with Gasteiger partial charge in [0.2, 0.25) is 5.91 Å². The molecule has 2 rings (SSSR count). The van der Waals surface area contributed by atoms with E-state index in [4.69, 9.17) is 5.11 Å². The maximum absolute atomic E-state index is 12.0. The van der Waals surface area contributed by atoms with Crippen molar-refractivity contribution >= 4 is 11.9 Å². The first-order valence-electron chi connectivity index (χ1n) is 5.64. The fourth-order valence-electron chi connectivity index (χ4n) is 2.12. The molecule has 1 aliphatic carbocycles. The lowest BCUT2D eigenvalue weighted by Crippen LogP contribution is -2.37. The van der Waals surface area contributed by atoms with E-state index in [0.29, 0.717) is 0 Å². The van der Waals surface area contributed by atoms with Crippen molar-refractivity contribution in [2.24, 2.45) is 0 Å². The second kappa shape index (κ2) is 4.57. The van der Waals surface area contributed by atoms with Gasteiger partial charge in [-0.3, -0.25) is 9.59 Å². The molecule has 1 N–H and O–H groups in total. The summed E-state index contributed by atoms with van der Waals surface area (Å²) < 4.78 is 0. The van der Waals surface area contributed by atoms with Crippen LogP contribution in [0.25, 0.3) is 0 Å². The van der Waals surface area contributed by atoms with Gasteiger partial charge in [-0.2, -0.15) is 0 Å². The molecule has 0 saturated carbocycles. The quantitative estimate of drug-likeness (QED) is 0.851. The molecule has 0 saturated heterocycles. The Hall–Kier alpha value is -1.84. The molecule has 4 heteroatoms. The van der Waals surface area contributed by atoms with Gasteiger partial charge in [0.05, 0.1) is 12.3 Å². The Labute approximate surface area is 99.9 Å². The molecule has 0 bridgehead atoms. The number of fused-ring (bicyclic) bond motifs is 1. The van der Waals surface area contributed by atoms with Crippen molar-refractivity contribution < 1.29 is 14.7 Å². The second-order valence-electron chi connectivity index (χ2n) is 4.36. The highest BCUT2D eigenvalue weighted by molar-refractivity contribution is 5.87. The van der Waals surface area contributed by atoms with Crippen LogP contribution in [0.15, 0.2) is 24.3 Å². The van der Waals surface area contributed by atoms with E-state index in [0.717, 1.165) is 12.0 Å². The Morgan fingerprint density at radius 2 is 2.12 bits per heavy atom. The minimum absolute atomic E-state index is 0.00337. The Bertz CT molecular complexity index is 456. The first-order chi connectivity index (χ1) is 8.09. The Kier molecular flexibility index (Phi) is 3.13. The Morgan fingerprint density at radius 3 is 2.76 bits per heavy atom. The average molecular weight is 233 g/mol. The summed E-state index contributed by atoms with van der Waals surface area (Å²) in [5, 5.41) is 8.57. The molecule has 0 fully saturated rings. The molecule has 0 aliphatic heterocycles. The summed E-state index contributed by atoms with van der Waals surface area (Å²) in [4.78, 5) is 24.0. The Morgan fingerprint density at radius 1 is 1.41 bits per heavy atom. The monoisotopic (exact) mass is 233 g/mol. The third kappa shape index (κ3) is 2.30. The predicted molar refractivity (Wildman–Crippen MR) is 62.8 cm³/mol. The summed E-state index contributed by atoms with van der Waals surface area (Å²) in [5.74, 6) is -0.936. The number of aliphatic carboxylic acids is 1. The average Bonchev–Trinajstić information content (AvgIpc) is 2.27. The summed E-state index contributed by atoms with van der Waals surface area (Å²) in [7, 11) is 1.66. The summed E-state index contributed by atoms with van der Waals surface area (Å²) in [6, 6.07) is 7.88. The van der Waals surface area contributed by atoms with Crippen LogP contribution < -0.4 is 0 Å². The zero-order valence-corrected chi connectivity index (χ0v) is 9.72. The zero-order valence-electron chi connectivity index (χ0n) is 9.72. The van der Waals surface area contributed by atoms with Gasteiger partial charge in [0.15, 0.2) is 0 Å². The van der Waals surface area contributed by atoms with Crippen LogP contribution in [0, 0.1) is 0 Å². The van der Waals surface area contributed by atoms with Gasteiger partial charge >= 0.3 is 5.97 Å². The van der Waals surface area contributed by atoms with Gasteiger partial charge < -0.3 is 10.0 Å². The topological polar surface area (TPSA) is 57.6 Å². The number of carbonyl (C=O) groups excluding carboxylic acids is 1. The van der Waals surface area contributed by atoms with Crippen molar-refractivity contribution in [3.8, 4) is 0 Å². The fraction of sp³-hybridized carbons (Fsp3) is 0.385. The first kappa shape index (κ1) is 11.6. The molecule has 1 aromatic rings. The van der Waals surface area contributed by atoms with Crippen molar-refractivity contribution in [3.63, 3.8) is 0 Å². The van der Waals surface area contributed by atoms with E-state index in [9.17, 15) is 9.59 Å². The maximum Gasteiger partial charge on any atom is 0.305 e. The third-order valence-corrected chi connectivity index (χ3v) is 3.19. The summed E-state index contributed by atoms with van der Waals surface area (Å²) in [5.41, 5.74) is 2.30. The normalized spacial score (nSPS) is 16.9. The van der Waals surface area contributed by atoms with Gasteiger partial charge in [0.25, 0.3) is 0 Å². The van der Waals surface area contributed by atoms with Crippen LogP contribution in [0.2, 0.25) is 0 Å². The number of hydrogen-bond donors (Lipinski definition) is 1. The summed E-state index contributed by atoms with van der Waals surface area (Å²) >= 11 is 0. The van der Waals surface area contributed by atoms with Gasteiger partial charge in [-0.05, 0) is 17.5 Å². The number of carboxylic acid groups (broad SMARTS) is 1. The van der Waals surface area contributed by atoms with Crippen molar-refractivity contribution in [3.05, 3.63) is 35.4 Å². The van der Waals surface area contributed by atoms with Crippen molar-refractivity contribution in [1.82, 2.24) is 4.90 Å². The van der Waals surface area contributed by atoms with Crippen LogP contribution in [0.5, 0.6) is 0 Å². The van der Waals surface area contributed by atoms with Gasteiger partial charge in [-0.15, -0.1) is 0 Å². The highest BCUT2D eigenvalue weighted by Crippen LogP contribution is 2.35. The van der Waals surface area contributed by atoms with Gasteiger partial charge in [-0.25, -0.2) is 0 Å². The van der Waals surface area contributed by atoms with Crippen LogP contribution in [-0.4, -0.2) is 35.5 Å². The van der Waals surface area contributed by atoms with Crippen molar-refractivity contribution in [2.75, 3.05) is 13.6 Å². The van der Waals surface area contributed by atoms with E-state index in [-0.39, 0.29) is 24.8 Å². The summed E-state index contributed by atoms with van der Waals surface area (Å²) in [6.07, 6.45) is 0.767. The van der Waals surface area contributed by atoms with E-state index in [1.807, 2.05) is 24.3 Å². The van der Waals surface area contributed by atoms with Gasteiger partial charge in [0, 0.05) is 13.6 Å². The molecule has 0 radical (unpaired) electrons. The lowest BCUT2D eigenvalue weighted by molar-refractivity contribution is -0.138.